The number of aromatic nitrogens is 2. The van der Waals surface area contributed by atoms with Gasteiger partial charge in [0.2, 0.25) is 0 Å². The maximum absolute atomic E-state index is 12.6. The quantitative estimate of drug-likeness (QED) is 0.845. The Hall–Kier alpha value is -2.18. The summed E-state index contributed by atoms with van der Waals surface area (Å²) in [5, 5.41) is 0. The van der Waals surface area contributed by atoms with Gasteiger partial charge in [-0.3, -0.25) is 9.78 Å². The molecule has 2 aliphatic rings. The van der Waals surface area contributed by atoms with Gasteiger partial charge in [0.1, 0.15) is 11.3 Å². The fraction of sp³-hybridized carbons (Fsp3) is 0.500. The molecule has 0 aromatic carbocycles. The molecule has 1 amide bonds. The number of carbonyl (C=O) groups excluding carboxylic acids is 1. The third-order valence-corrected chi connectivity index (χ3v) is 5.27. The van der Waals surface area contributed by atoms with Gasteiger partial charge in [-0.25, -0.2) is 0 Å². The van der Waals surface area contributed by atoms with Gasteiger partial charge in [0, 0.05) is 32.0 Å². The van der Waals surface area contributed by atoms with E-state index >= 15 is 0 Å². The Morgan fingerprint density at radius 1 is 1.35 bits per heavy atom. The molecule has 4 heterocycles. The molecule has 138 valence electrons. The number of ether oxygens (including phenoxy) is 2. The van der Waals surface area contributed by atoms with Crippen molar-refractivity contribution >= 4 is 5.91 Å². The largest absolute Gasteiger partial charge is 0.372 e. The molecule has 1 spiro atoms. The van der Waals surface area contributed by atoms with Crippen LogP contribution in [-0.2, 0) is 23.1 Å². The first-order valence-corrected chi connectivity index (χ1v) is 9.13. The molecule has 0 N–H and O–H groups in total. The monoisotopic (exact) mass is 355 g/mol. The third-order valence-electron chi connectivity index (χ3n) is 5.27. The van der Waals surface area contributed by atoms with Crippen LogP contribution in [0, 0.1) is 6.92 Å². The molecular weight excluding hydrogens is 330 g/mol. The van der Waals surface area contributed by atoms with Gasteiger partial charge in [-0.2, -0.15) is 0 Å². The Kier molecular flexibility index (Phi) is 4.54. The minimum atomic E-state index is -0.246. The lowest BCUT2D eigenvalue weighted by atomic mass is 9.84. The van der Waals surface area contributed by atoms with Crippen molar-refractivity contribution in [3.05, 3.63) is 53.6 Å². The van der Waals surface area contributed by atoms with E-state index < -0.39 is 0 Å². The Balaban J connectivity index is 1.32. The van der Waals surface area contributed by atoms with Gasteiger partial charge in [0.05, 0.1) is 31.5 Å². The summed E-state index contributed by atoms with van der Waals surface area (Å²) in [7, 11) is 1.89. The predicted octanol–water partition coefficient (Wildman–Crippen LogP) is 2.32. The Labute approximate surface area is 153 Å². The molecule has 1 atom stereocenters. The summed E-state index contributed by atoms with van der Waals surface area (Å²) in [5.41, 5.74) is 2.43. The molecule has 0 saturated carbocycles. The first-order chi connectivity index (χ1) is 12.5. The maximum Gasteiger partial charge on any atom is 0.270 e. The number of hydrogen-bond donors (Lipinski definition) is 0. The van der Waals surface area contributed by atoms with Crippen molar-refractivity contribution in [2.45, 2.75) is 38.1 Å². The number of likely N-dealkylation sites (tertiary alicyclic amines) is 1. The normalized spacial score (nSPS) is 21.6. The molecule has 2 aromatic rings. The van der Waals surface area contributed by atoms with Gasteiger partial charge in [0.25, 0.3) is 5.91 Å². The average molecular weight is 355 g/mol. The highest BCUT2D eigenvalue weighted by Gasteiger charge is 2.50. The van der Waals surface area contributed by atoms with Crippen molar-refractivity contribution in [2.75, 3.05) is 19.7 Å². The molecular formula is C20H25N3O3. The standard InChI is InChI=1S/C20H25N3O3/c1-15-5-3-6-16(21-15)12-25-17-8-10-26-20(11-17)13-23(14-20)19(24)18-7-4-9-22(18)2/h3-7,9,17H,8,10-14H2,1-2H3. The fourth-order valence-electron chi connectivity index (χ4n) is 3.87. The summed E-state index contributed by atoms with van der Waals surface area (Å²) in [6.45, 7) is 4.46. The highest BCUT2D eigenvalue weighted by molar-refractivity contribution is 5.93. The van der Waals surface area contributed by atoms with E-state index in [4.69, 9.17) is 9.47 Å². The minimum Gasteiger partial charge on any atom is -0.372 e. The van der Waals surface area contributed by atoms with Gasteiger partial charge in [-0.15, -0.1) is 0 Å². The van der Waals surface area contributed by atoms with Crippen LogP contribution >= 0.6 is 0 Å². The molecule has 2 aromatic heterocycles. The van der Waals surface area contributed by atoms with Gasteiger partial charge >= 0.3 is 0 Å². The van der Waals surface area contributed by atoms with Gasteiger partial charge < -0.3 is 18.9 Å². The van der Waals surface area contributed by atoms with Crippen LogP contribution in [0.4, 0.5) is 0 Å². The molecule has 0 aliphatic carbocycles. The van der Waals surface area contributed by atoms with E-state index in [9.17, 15) is 4.79 Å². The highest BCUT2D eigenvalue weighted by atomic mass is 16.5. The molecule has 6 nitrogen and oxygen atoms in total. The Morgan fingerprint density at radius 2 is 2.19 bits per heavy atom. The van der Waals surface area contributed by atoms with Crippen molar-refractivity contribution in [1.29, 1.82) is 0 Å². The van der Waals surface area contributed by atoms with Crippen LogP contribution in [0.5, 0.6) is 0 Å². The Bertz CT molecular complexity index is 795. The molecule has 6 heteroatoms. The summed E-state index contributed by atoms with van der Waals surface area (Å²) >= 11 is 0. The van der Waals surface area contributed by atoms with E-state index in [0.717, 1.165) is 24.2 Å². The van der Waals surface area contributed by atoms with E-state index in [1.165, 1.54) is 0 Å². The first-order valence-electron chi connectivity index (χ1n) is 9.13. The van der Waals surface area contributed by atoms with Crippen LogP contribution < -0.4 is 0 Å². The maximum atomic E-state index is 12.6. The summed E-state index contributed by atoms with van der Waals surface area (Å²) < 4.78 is 14.0. The third kappa shape index (κ3) is 3.39. The number of hydrogen-bond acceptors (Lipinski definition) is 4. The van der Waals surface area contributed by atoms with Crippen molar-refractivity contribution in [1.82, 2.24) is 14.5 Å². The number of nitrogens with zero attached hydrogens (tertiary/aromatic N) is 3. The number of carbonyl (C=O) groups is 1. The van der Waals surface area contributed by atoms with Gasteiger partial charge in [-0.1, -0.05) is 6.07 Å². The lowest BCUT2D eigenvalue weighted by Gasteiger charge is -2.52. The highest BCUT2D eigenvalue weighted by Crippen LogP contribution is 2.36. The van der Waals surface area contributed by atoms with Crippen molar-refractivity contribution in [2.24, 2.45) is 7.05 Å². The second-order valence-electron chi connectivity index (χ2n) is 7.39. The molecule has 2 saturated heterocycles. The molecule has 4 rings (SSSR count). The molecule has 2 fully saturated rings. The molecule has 2 aliphatic heterocycles. The lowest BCUT2D eigenvalue weighted by Crippen LogP contribution is -2.67. The zero-order valence-electron chi connectivity index (χ0n) is 15.4. The smallest absolute Gasteiger partial charge is 0.270 e. The van der Waals surface area contributed by atoms with E-state index in [0.29, 0.717) is 32.0 Å². The number of amides is 1. The molecule has 1 unspecified atom stereocenters. The van der Waals surface area contributed by atoms with Gasteiger partial charge in [-0.05, 0) is 37.6 Å². The van der Waals surface area contributed by atoms with Crippen LogP contribution in [0.3, 0.4) is 0 Å². The van der Waals surface area contributed by atoms with E-state index in [-0.39, 0.29) is 17.6 Å². The van der Waals surface area contributed by atoms with Crippen LogP contribution in [0.2, 0.25) is 0 Å². The lowest BCUT2D eigenvalue weighted by molar-refractivity contribution is -0.188. The van der Waals surface area contributed by atoms with Crippen LogP contribution in [0.15, 0.2) is 36.5 Å². The summed E-state index contributed by atoms with van der Waals surface area (Å²) in [6.07, 6.45) is 3.76. The zero-order chi connectivity index (χ0) is 18.1. The molecule has 26 heavy (non-hydrogen) atoms. The van der Waals surface area contributed by atoms with Crippen molar-refractivity contribution in [3.8, 4) is 0 Å². The van der Waals surface area contributed by atoms with Crippen LogP contribution in [0.25, 0.3) is 0 Å². The summed E-state index contributed by atoms with van der Waals surface area (Å²) in [6, 6.07) is 9.73. The SMILES string of the molecule is Cc1cccc(COC2CCOC3(C2)CN(C(=O)c2cccn2C)C3)n1. The van der Waals surface area contributed by atoms with E-state index in [2.05, 4.69) is 4.98 Å². The summed E-state index contributed by atoms with van der Waals surface area (Å²) in [5.74, 6) is 0.0683. The number of aryl methyl sites for hydroxylation is 2. The predicted molar refractivity (Wildman–Crippen MR) is 96.8 cm³/mol. The minimum absolute atomic E-state index is 0.0683. The topological polar surface area (TPSA) is 56.6 Å². The van der Waals surface area contributed by atoms with E-state index in [1.807, 2.05) is 60.0 Å². The summed E-state index contributed by atoms with van der Waals surface area (Å²) in [4.78, 5) is 18.9. The molecule has 0 bridgehead atoms. The second kappa shape index (κ2) is 6.85. The Morgan fingerprint density at radius 3 is 2.92 bits per heavy atom. The average Bonchev–Trinajstić information content (AvgIpc) is 3.03. The van der Waals surface area contributed by atoms with Gasteiger partial charge in [0.15, 0.2) is 0 Å². The van der Waals surface area contributed by atoms with E-state index in [1.54, 1.807) is 0 Å². The second-order valence-corrected chi connectivity index (χ2v) is 7.39. The van der Waals surface area contributed by atoms with Crippen LogP contribution in [-0.4, -0.2) is 51.8 Å². The number of rotatable bonds is 4. The van der Waals surface area contributed by atoms with Crippen molar-refractivity contribution in [3.63, 3.8) is 0 Å². The van der Waals surface area contributed by atoms with Crippen LogP contribution in [0.1, 0.15) is 34.7 Å². The molecule has 0 radical (unpaired) electrons. The fourth-order valence-corrected chi connectivity index (χ4v) is 3.87. The first kappa shape index (κ1) is 17.2. The zero-order valence-corrected chi connectivity index (χ0v) is 15.4. The van der Waals surface area contributed by atoms with Crippen molar-refractivity contribution < 1.29 is 14.3 Å². The number of pyridine rings is 1.